The van der Waals surface area contributed by atoms with Gasteiger partial charge in [0.25, 0.3) is 15.9 Å². The maximum Gasteiger partial charge on any atom is 0.264 e. The highest BCUT2D eigenvalue weighted by atomic mass is 32.2. The smallest absolute Gasteiger partial charge is 0.264 e. The number of hydrogen-bond acceptors (Lipinski definition) is 9. The zero-order chi connectivity index (χ0) is 29.5. The minimum Gasteiger partial charge on any atom is -0.322 e. The van der Waals surface area contributed by atoms with Crippen LogP contribution in [-0.2, 0) is 19.9 Å². The number of carbonyl (C=O) groups is 1. The number of aromatic nitrogens is 5. The highest BCUT2D eigenvalue weighted by molar-refractivity contribution is 7.92. The molecular weight excluding hydrogens is 578 g/mol. The lowest BCUT2D eigenvalue weighted by atomic mass is 10.0. The van der Waals surface area contributed by atoms with Crippen molar-refractivity contribution < 1.29 is 21.6 Å². The Labute approximate surface area is 241 Å². The maximum absolute atomic E-state index is 13.7. The van der Waals surface area contributed by atoms with Crippen LogP contribution in [0.25, 0.3) is 22.3 Å². The molecule has 3 aromatic heterocycles. The lowest BCUT2D eigenvalue weighted by Crippen LogP contribution is -2.16. The molecule has 0 spiro atoms. The largest absolute Gasteiger partial charge is 0.322 e. The molecule has 2 aromatic carbocycles. The van der Waals surface area contributed by atoms with Crippen LogP contribution in [-0.4, -0.2) is 59.0 Å². The first-order valence-corrected chi connectivity index (χ1v) is 16.3. The summed E-state index contributed by atoms with van der Waals surface area (Å²) in [6, 6.07) is 17.9. The number of amides is 1. The average Bonchev–Trinajstić information content (AvgIpc) is 3.51. The van der Waals surface area contributed by atoms with Gasteiger partial charge in [0.1, 0.15) is 0 Å². The molecule has 1 fully saturated rings. The van der Waals surface area contributed by atoms with E-state index in [0.29, 0.717) is 40.1 Å². The molecule has 214 valence electrons. The number of nitrogens with zero attached hydrogens (tertiary/aromatic N) is 5. The summed E-state index contributed by atoms with van der Waals surface area (Å²) < 4.78 is 53.9. The number of aryl methyl sites for hydroxylation is 1. The quantitative estimate of drug-likeness (QED) is 0.283. The minimum absolute atomic E-state index is 0.0331. The number of pyridine rings is 1. The van der Waals surface area contributed by atoms with Gasteiger partial charge in [0, 0.05) is 23.6 Å². The van der Waals surface area contributed by atoms with Gasteiger partial charge in [-0.3, -0.25) is 4.79 Å². The molecule has 1 saturated heterocycles. The number of sulfone groups is 1. The van der Waals surface area contributed by atoms with Crippen LogP contribution in [0.2, 0.25) is 0 Å². The summed E-state index contributed by atoms with van der Waals surface area (Å²) in [6.07, 6.45) is 3.26. The van der Waals surface area contributed by atoms with E-state index in [1.807, 2.05) is 30.3 Å². The van der Waals surface area contributed by atoms with Gasteiger partial charge in [-0.25, -0.2) is 41.2 Å². The molecule has 0 bridgehead atoms. The Bertz CT molecular complexity index is 2010. The van der Waals surface area contributed by atoms with Crippen LogP contribution in [0.3, 0.4) is 0 Å². The molecule has 1 atom stereocenters. The third-order valence-electron chi connectivity index (χ3n) is 6.92. The molecule has 42 heavy (non-hydrogen) atoms. The normalized spacial score (nSPS) is 16.4. The van der Waals surface area contributed by atoms with Crippen molar-refractivity contribution in [3.8, 4) is 11.3 Å². The molecule has 1 aliphatic heterocycles. The molecule has 2 N–H and O–H groups in total. The zero-order valence-corrected chi connectivity index (χ0v) is 23.9. The summed E-state index contributed by atoms with van der Waals surface area (Å²) in [5, 5.41) is 7.97. The fourth-order valence-corrected chi connectivity index (χ4v) is 7.57. The molecule has 4 heterocycles. The van der Waals surface area contributed by atoms with E-state index in [4.69, 9.17) is 4.98 Å². The predicted octanol–water partition coefficient (Wildman–Crippen LogP) is 3.61. The highest BCUT2D eigenvalue weighted by Crippen LogP contribution is 2.32. The molecule has 0 saturated carbocycles. The molecule has 0 radical (unpaired) electrons. The summed E-state index contributed by atoms with van der Waals surface area (Å²) in [7, 11) is -7.13. The molecular formula is C28H25N7O5S2. The molecule has 14 heteroatoms. The molecule has 1 aliphatic rings. The Hall–Kier alpha value is -4.69. The van der Waals surface area contributed by atoms with Gasteiger partial charge in [0.05, 0.1) is 44.8 Å². The van der Waals surface area contributed by atoms with Gasteiger partial charge in [0.15, 0.2) is 15.5 Å². The van der Waals surface area contributed by atoms with E-state index in [1.54, 1.807) is 23.7 Å². The van der Waals surface area contributed by atoms with Gasteiger partial charge in [-0.1, -0.05) is 30.3 Å². The number of carbonyl (C=O) groups excluding carboxylic acids is 1. The van der Waals surface area contributed by atoms with Gasteiger partial charge in [-0.15, -0.1) is 0 Å². The summed E-state index contributed by atoms with van der Waals surface area (Å²) in [6.45, 7) is 1.76. The molecule has 6 rings (SSSR count). The number of anilines is 2. The van der Waals surface area contributed by atoms with Crippen LogP contribution in [0.4, 0.5) is 11.6 Å². The molecule has 1 amide bonds. The van der Waals surface area contributed by atoms with E-state index in [0.717, 1.165) is 5.56 Å². The second-order valence-corrected chi connectivity index (χ2v) is 13.8. The van der Waals surface area contributed by atoms with Crippen molar-refractivity contribution in [3.63, 3.8) is 0 Å². The van der Waals surface area contributed by atoms with Crippen molar-refractivity contribution in [1.82, 2.24) is 24.7 Å². The fraction of sp³-hybridized carbons (Fsp3) is 0.179. The molecule has 1 unspecified atom stereocenters. The van der Waals surface area contributed by atoms with Gasteiger partial charge in [0.2, 0.25) is 5.95 Å². The fourth-order valence-electron chi connectivity index (χ4n) is 4.92. The highest BCUT2D eigenvalue weighted by Gasteiger charge is 2.32. The molecule has 12 nitrogen and oxygen atoms in total. The van der Waals surface area contributed by atoms with E-state index >= 15 is 0 Å². The lowest BCUT2D eigenvalue weighted by Gasteiger charge is -2.13. The van der Waals surface area contributed by atoms with E-state index in [2.05, 4.69) is 25.1 Å². The van der Waals surface area contributed by atoms with Gasteiger partial charge in [-0.05, 0) is 49.7 Å². The van der Waals surface area contributed by atoms with Crippen LogP contribution >= 0.6 is 0 Å². The Morgan fingerprint density at radius 3 is 2.38 bits per heavy atom. The third kappa shape index (κ3) is 5.45. The second kappa shape index (κ2) is 10.6. The van der Waals surface area contributed by atoms with Crippen LogP contribution in [0.1, 0.15) is 28.5 Å². The van der Waals surface area contributed by atoms with Gasteiger partial charge in [-0.2, -0.15) is 5.10 Å². The number of nitrogens with one attached hydrogen (secondary N) is 2. The summed E-state index contributed by atoms with van der Waals surface area (Å²) in [5.41, 5.74) is 2.96. The Balaban J connectivity index is 1.35. The predicted molar refractivity (Wildman–Crippen MR) is 157 cm³/mol. The lowest BCUT2D eigenvalue weighted by molar-refractivity contribution is 0.102. The van der Waals surface area contributed by atoms with Crippen LogP contribution < -0.4 is 10.0 Å². The summed E-state index contributed by atoms with van der Waals surface area (Å²) >= 11 is 0. The van der Waals surface area contributed by atoms with Crippen LogP contribution in [0.5, 0.6) is 0 Å². The minimum atomic E-state index is -3.94. The van der Waals surface area contributed by atoms with E-state index in [1.165, 1.54) is 36.7 Å². The van der Waals surface area contributed by atoms with Crippen molar-refractivity contribution in [2.45, 2.75) is 24.3 Å². The number of fused-ring (bicyclic) bond motifs is 1. The zero-order valence-electron chi connectivity index (χ0n) is 22.3. The molecule has 5 aromatic rings. The van der Waals surface area contributed by atoms with Crippen LogP contribution in [0, 0.1) is 6.92 Å². The first kappa shape index (κ1) is 27.5. The third-order valence-corrected chi connectivity index (χ3v) is 10.0. The number of rotatable bonds is 7. The molecule has 0 aliphatic carbocycles. The van der Waals surface area contributed by atoms with Crippen molar-refractivity contribution in [3.05, 3.63) is 90.4 Å². The van der Waals surface area contributed by atoms with E-state index < -0.39 is 25.8 Å². The first-order valence-electron chi connectivity index (χ1n) is 13.0. The Kier molecular flexibility index (Phi) is 6.94. The van der Waals surface area contributed by atoms with E-state index in [-0.39, 0.29) is 28.4 Å². The van der Waals surface area contributed by atoms with Crippen molar-refractivity contribution in [1.29, 1.82) is 0 Å². The van der Waals surface area contributed by atoms with E-state index in [9.17, 15) is 21.6 Å². The average molecular weight is 604 g/mol. The summed E-state index contributed by atoms with van der Waals surface area (Å²) in [5.74, 6) is -0.476. The SMILES string of the molecule is Cc1nn(C2CCS(=O)(=O)C2)c2nc(-c3ccccc3)cc(C(=O)Nc3ccc(S(=O)(=O)Nc4ncccn4)cc3)c12. The van der Waals surface area contributed by atoms with Crippen molar-refractivity contribution >= 4 is 48.4 Å². The van der Waals surface area contributed by atoms with Crippen molar-refractivity contribution in [2.75, 3.05) is 21.5 Å². The number of sulfonamides is 1. The number of hydrogen-bond donors (Lipinski definition) is 2. The Morgan fingerprint density at radius 2 is 1.71 bits per heavy atom. The topological polar surface area (TPSA) is 166 Å². The summed E-state index contributed by atoms with van der Waals surface area (Å²) in [4.78, 5) is 26.2. The second-order valence-electron chi connectivity index (χ2n) is 9.86. The van der Waals surface area contributed by atoms with Crippen molar-refractivity contribution in [2.24, 2.45) is 0 Å². The monoisotopic (exact) mass is 603 g/mol. The first-order chi connectivity index (χ1) is 20.1. The standard InChI is InChI=1S/C28H25N7O5S2/c1-18-25-23(27(36)31-20-8-10-22(11-9-20)42(39,40)34-28-29-13-5-14-30-28)16-24(19-6-3-2-4-7-19)32-26(25)35(33-18)21-12-15-41(37,38)17-21/h2-11,13-14,16,21H,12,15,17H2,1H3,(H,31,36)(H,29,30,34). The number of benzene rings is 2. The Morgan fingerprint density at radius 1 is 1.00 bits per heavy atom. The van der Waals surface area contributed by atoms with Crippen LogP contribution in [0.15, 0.2) is 84.0 Å². The maximum atomic E-state index is 13.7. The van der Waals surface area contributed by atoms with Gasteiger partial charge >= 0.3 is 0 Å². The van der Waals surface area contributed by atoms with Gasteiger partial charge < -0.3 is 5.32 Å².